The predicted octanol–water partition coefficient (Wildman–Crippen LogP) is 2.35. The van der Waals surface area contributed by atoms with Gasteiger partial charge in [-0.25, -0.2) is 0 Å². The number of fused-ring (bicyclic) bond motifs is 2. The van der Waals surface area contributed by atoms with Crippen molar-refractivity contribution < 1.29 is 19.2 Å². The molecule has 1 aromatic rings. The van der Waals surface area contributed by atoms with Gasteiger partial charge in [-0.05, 0) is 44.7 Å². The average Bonchev–Trinajstić information content (AvgIpc) is 3.22. The summed E-state index contributed by atoms with van der Waals surface area (Å²) in [6, 6.07) is 7.32. The molecule has 2 aliphatic heterocycles. The Kier molecular flexibility index (Phi) is 8.02. The topological polar surface area (TPSA) is 111 Å². The Morgan fingerprint density at radius 1 is 0.895 bits per heavy atom. The lowest BCUT2D eigenvalue weighted by Gasteiger charge is -2.38. The number of hydrogen-bond acceptors (Lipinski definition) is 5. The molecule has 4 amide bonds. The fourth-order valence-electron chi connectivity index (χ4n) is 6.78. The van der Waals surface area contributed by atoms with Gasteiger partial charge in [0.05, 0.1) is 29.3 Å². The van der Waals surface area contributed by atoms with E-state index in [4.69, 9.17) is 0 Å². The molecule has 9 nitrogen and oxygen atoms in total. The average molecular weight is 524 g/mol. The van der Waals surface area contributed by atoms with Gasteiger partial charge in [0, 0.05) is 25.2 Å². The first kappa shape index (κ1) is 26.7. The third-order valence-electron chi connectivity index (χ3n) is 8.77. The standard InChI is InChI=1S/C29H41N5O4/c1-29-19-33(17-25(35)30-20-10-4-2-5-11-20)16-23(29)28(38)34(18-26(36)31-21-12-6-3-7-13-21)24-15-9-8-14-22(24)27(37)32-29/h8-9,14-15,20-21,23H,2-7,10-13,16-19H2,1H3,(H,30,35)(H,31,36)(H,32,37)/t23-,29-/m0/s1. The summed E-state index contributed by atoms with van der Waals surface area (Å²) in [5.41, 5.74) is -0.0333. The Hall–Kier alpha value is -2.94. The Morgan fingerprint density at radius 2 is 1.47 bits per heavy atom. The second-order valence-electron chi connectivity index (χ2n) is 11.8. The Balaban J connectivity index is 1.33. The van der Waals surface area contributed by atoms with Crippen LogP contribution in [0.5, 0.6) is 0 Å². The number of nitrogens with zero attached hydrogens (tertiary/aromatic N) is 2. The van der Waals surface area contributed by atoms with Crippen molar-refractivity contribution in [2.75, 3.05) is 31.1 Å². The SMILES string of the molecule is C[C@]12CN(CC(=O)NC3CCCCC3)C[C@H]1C(=O)N(CC(=O)NC1CCCCC1)c1ccccc1C(=O)N2. The molecule has 1 aromatic carbocycles. The van der Waals surface area contributed by atoms with E-state index in [1.54, 1.807) is 24.3 Å². The molecule has 0 unspecified atom stereocenters. The largest absolute Gasteiger partial charge is 0.352 e. The zero-order valence-corrected chi connectivity index (χ0v) is 22.5. The highest BCUT2D eigenvalue weighted by Gasteiger charge is 2.51. The van der Waals surface area contributed by atoms with Gasteiger partial charge in [-0.1, -0.05) is 50.7 Å². The first-order valence-electron chi connectivity index (χ1n) is 14.4. The van der Waals surface area contributed by atoms with Crippen molar-refractivity contribution in [1.82, 2.24) is 20.9 Å². The third kappa shape index (κ3) is 5.87. The van der Waals surface area contributed by atoms with E-state index in [1.807, 2.05) is 11.8 Å². The van der Waals surface area contributed by atoms with Gasteiger partial charge >= 0.3 is 0 Å². The molecule has 3 fully saturated rings. The number of carbonyl (C=O) groups is 4. The molecule has 9 heteroatoms. The number of nitrogens with one attached hydrogen (secondary N) is 3. The van der Waals surface area contributed by atoms with Gasteiger partial charge in [0.15, 0.2) is 0 Å². The quantitative estimate of drug-likeness (QED) is 0.530. The van der Waals surface area contributed by atoms with E-state index in [0.29, 0.717) is 24.3 Å². The highest BCUT2D eigenvalue weighted by atomic mass is 16.2. The fourth-order valence-corrected chi connectivity index (χ4v) is 6.78. The van der Waals surface area contributed by atoms with E-state index in [1.165, 1.54) is 17.7 Å². The summed E-state index contributed by atoms with van der Waals surface area (Å²) < 4.78 is 0. The van der Waals surface area contributed by atoms with Crippen LogP contribution in [0, 0.1) is 5.92 Å². The van der Waals surface area contributed by atoms with E-state index in [-0.39, 0.29) is 48.8 Å². The molecule has 1 saturated heterocycles. The molecule has 4 aliphatic rings. The molecule has 2 atom stereocenters. The van der Waals surface area contributed by atoms with E-state index >= 15 is 0 Å². The minimum Gasteiger partial charge on any atom is -0.352 e. The van der Waals surface area contributed by atoms with Gasteiger partial charge in [0.1, 0.15) is 6.54 Å². The van der Waals surface area contributed by atoms with Crippen LogP contribution in [0.15, 0.2) is 24.3 Å². The number of hydrogen-bond donors (Lipinski definition) is 3. The van der Waals surface area contributed by atoms with Gasteiger partial charge in [-0.15, -0.1) is 0 Å². The minimum atomic E-state index is -0.856. The van der Waals surface area contributed by atoms with Crippen molar-refractivity contribution in [1.29, 1.82) is 0 Å². The minimum absolute atomic E-state index is 0.0412. The molecule has 3 N–H and O–H groups in total. The summed E-state index contributed by atoms with van der Waals surface area (Å²) >= 11 is 0. The first-order chi connectivity index (χ1) is 18.3. The molecule has 2 saturated carbocycles. The third-order valence-corrected chi connectivity index (χ3v) is 8.77. The molecule has 0 radical (unpaired) electrons. The van der Waals surface area contributed by atoms with Crippen molar-refractivity contribution in [2.45, 2.75) is 88.8 Å². The molecule has 38 heavy (non-hydrogen) atoms. The smallest absolute Gasteiger partial charge is 0.253 e. The van der Waals surface area contributed by atoms with Gasteiger partial charge in [-0.2, -0.15) is 0 Å². The van der Waals surface area contributed by atoms with Gasteiger partial charge in [0.25, 0.3) is 5.91 Å². The molecule has 2 aliphatic carbocycles. The molecule has 0 bridgehead atoms. The van der Waals surface area contributed by atoms with Crippen LogP contribution in [0.2, 0.25) is 0 Å². The number of rotatable bonds is 6. The van der Waals surface area contributed by atoms with Crippen LogP contribution in [-0.4, -0.2) is 72.3 Å². The lowest BCUT2D eigenvalue weighted by Crippen LogP contribution is -2.59. The zero-order valence-electron chi connectivity index (χ0n) is 22.5. The monoisotopic (exact) mass is 523 g/mol. The van der Waals surface area contributed by atoms with E-state index < -0.39 is 11.5 Å². The number of carbonyl (C=O) groups excluding carboxylic acids is 4. The Morgan fingerprint density at radius 3 is 2.11 bits per heavy atom. The van der Waals surface area contributed by atoms with Crippen molar-refractivity contribution in [3.8, 4) is 0 Å². The summed E-state index contributed by atoms with van der Waals surface area (Å²) in [6.45, 7) is 2.66. The lowest BCUT2D eigenvalue weighted by molar-refractivity contribution is -0.127. The van der Waals surface area contributed by atoms with Crippen molar-refractivity contribution in [3.63, 3.8) is 0 Å². The van der Waals surface area contributed by atoms with Crippen LogP contribution < -0.4 is 20.9 Å². The fraction of sp³-hybridized carbons (Fsp3) is 0.655. The van der Waals surface area contributed by atoms with Crippen LogP contribution in [0.4, 0.5) is 5.69 Å². The summed E-state index contributed by atoms with van der Waals surface area (Å²) in [6.07, 6.45) is 10.8. The van der Waals surface area contributed by atoms with Crippen LogP contribution >= 0.6 is 0 Å². The zero-order chi connectivity index (χ0) is 26.7. The summed E-state index contributed by atoms with van der Waals surface area (Å²) in [7, 11) is 0. The second kappa shape index (κ2) is 11.4. The van der Waals surface area contributed by atoms with Gasteiger partial charge < -0.3 is 20.9 Å². The first-order valence-corrected chi connectivity index (χ1v) is 14.4. The highest BCUT2D eigenvalue weighted by Crippen LogP contribution is 2.35. The van der Waals surface area contributed by atoms with Crippen molar-refractivity contribution >= 4 is 29.3 Å². The summed E-state index contributed by atoms with van der Waals surface area (Å²) in [5, 5.41) is 9.37. The number of anilines is 1. The van der Waals surface area contributed by atoms with E-state index in [0.717, 1.165) is 51.4 Å². The van der Waals surface area contributed by atoms with Crippen molar-refractivity contribution in [2.24, 2.45) is 5.92 Å². The molecule has 0 aromatic heterocycles. The highest BCUT2D eigenvalue weighted by molar-refractivity contribution is 6.09. The van der Waals surface area contributed by atoms with E-state index in [9.17, 15) is 19.2 Å². The van der Waals surface area contributed by atoms with Gasteiger partial charge in [-0.3, -0.25) is 24.1 Å². The van der Waals surface area contributed by atoms with Crippen LogP contribution in [0.3, 0.4) is 0 Å². The molecule has 2 heterocycles. The Labute approximate surface area is 225 Å². The summed E-state index contributed by atoms with van der Waals surface area (Å²) in [4.78, 5) is 56.9. The molecular formula is C29H41N5O4. The molecule has 0 spiro atoms. The number of benzene rings is 1. The number of likely N-dealkylation sites (tertiary alicyclic amines) is 1. The Bertz CT molecular complexity index is 1060. The summed E-state index contributed by atoms with van der Waals surface area (Å²) in [5.74, 6) is -1.30. The maximum absolute atomic E-state index is 14.1. The van der Waals surface area contributed by atoms with Crippen molar-refractivity contribution in [3.05, 3.63) is 29.8 Å². The molecule has 206 valence electrons. The maximum Gasteiger partial charge on any atom is 0.253 e. The van der Waals surface area contributed by atoms with Crippen LogP contribution in [-0.2, 0) is 14.4 Å². The predicted molar refractivity (Wildman–Crippen MR) is 145 cm³/mol. The normalized spacial score (nSPS) is 27.1. The number of para-hydroxylation sites is 1. The molecular weight excluding hydrogens is 482 g/mol. The van der Waals surface area contributed by atoms with Gasteiger partial charge in [0.2, 0.25) is 17.7 Å². The second-order valence-corrected chi connectivity index (χ2v) is 11.8. The maximum atomic E-state index is 14.1. The van der Waals surface area contributed by atoms with Crippen LogP contribution in [0.1, 0.15) is 81.5 Å². The number of amides is 4. The van der Waals surface area contributed by atoms with E-state index in [2.05, 4.69) is 16.0 Å². The van der Waals surface area contributed by atoms with Crippen LogP contribution in [0.25, 0.3) is 0 Å². The molecule has 5 rings (SSSR count). The lowest BCUT2D eigenvalue weighted by atomic mass is 9.86.